The molecule has 2 rings (SSSR count). The Labute approximate surface area is 145 Å². The standard InChI is InChI=1S/C16H15Cl2NO3S/c1-11-7-12(2)9-14(8-11)19(10-16(18)20)23(21,22)15-5-3-13(17)4-6-15/h3-9H,10H2,1-2H3. The molecule has 0 aliphatic heterocycles. The van der Waals surface area contributed by atoms with Crippen LogP contribution in [0.15, 0.2) is 47.4 Å². The van der Waals surface area contributed by atoms with E-state index < -0.39 is 21.8 Å². The number of rotatable bonds is 5. The summed E-state index contributed by atoms with van der Waals surface area (Å²) < 4.78 is 26.8. The number of nitrogens with zero attached hydrogens (tertiary/aromatic N) is 1. The minimum absolute atomic E-state index is 0.0407. The van der Waals surface area contributed by atoms with E-state index in [0.717, 1.165) is 15.4 Å². The molecule has 0 unspecified atom stereocenters. The van der Waals surface area contributed by atoms with E-state index in [0.29, 0.717) is 10.7 Å². The quantitative estimate of drug-likeness (QED) is 0.748. The lowest BCUT2D eigenvalue weighted by Crippen LogP contribution is -2.34. The highest BCUT2D eigenvalue weighted by molar-refractivity contribution is 7.92. The molecule has 0 fully saturated rings. The number of carbonyl (C=O) groups is 1. The highest BCUT2D eigenvalue weighted by Crippen LogP contribution is 2.26. The maximum absolute atomic E-state index is 12.9. The lowest BCUT2D eigenvalue weighted by molar-refractivity contribution is -0.110. The average Bonchev–Trinajstić information content (AvgIpc) is 2.43. The lowest BCUT2D eigenvalue weighted by atomic mass is 10.1. The summed E-state index contributed by atoms with van der Waals surface area (Å²) in [6.07, 6.45) is 0. The zero-order valence-electron chi connectivity index (χ0n) is 12.6. The molecule has 0 N–H and O–H groups in total. The van der Waals surface area contributed by atoms with E-state index >= 15 is 0 Å². The highest BCUT2D eigenvalue weighted by Gasteiger charge is 2.27. The molecule has 0 heterocycles. The minimum atomic E-state index is -3.93. The van der Waals surface area contributed by atoms with E-state index in [-0.39, 0.29) is 4.90 Å². The number of carbonyl (C=O) groups excluding carboxylic acids is 1. The SMILES string of the molecule is Cc1cc(C)cc(N(CC(=O)Cl)S(=O)(=O)c2ccc(Cl)cc2)c1. The molecule has 122 valence electrons. The molecule has 0 atom stereocenters. The molecule has 7 heteroatoms. The molecule has 0 spiro atoms. The summed E-state index contributed by atoms with van der Waals surface area (Å²) in [5.41, 5.74) is 2.17. The molecule has 0 aliphatic rings. The van der Waals surface area contributed by atoms with Gasteiger partial charge >= 0.3 is 0 Å². The van der Waals surface area contributed by atoms with Crippen LogP contribution in [0, 0.1) is 13.8 Å². The van der Waals surface area contributed by atoms with Gasteiger partial charge in [0.25, 0.3) is 10.0 Å². The van der Waals surface area contributed by atoms with Gasteiger partial charge in [-0.2, -0.15) is 0 Å². The van der Waals surface area contributed by atoms with E-state index in [9.17, 15) is 13.2 Å². The molecule has 2 aromatic carbocycles. The Bertz CT molecular complexity index is 813. The molecule has 0 amide bonds. The second kappa shape index (κ2) is 6.91. The predicted octanol–water partition coefficient (Wildman–Crippen LogP) is 3.92. The Kier molecular flexibility index (Phi) is 5.34. The van der Waals surface area contributed by atoms with Crippen molar-refractivity contribution in [2.45, 2.75) is 18.7 Å². The van der Waals surface area contributed by atoms with Gasteiger partial charge in [0, 0.05) is 5.02 Å². The van der Waals surface area contributed by atoms with Crippen molar-refractivity contribution in [3.05, 3.63) is 58.6 Å². The van der Waals surface area contributed by atoms with Gasteiger partial charge in [-0.25, -0.2) is 8.42 Å². The van der Waals surface area contributed by atoms with Crippen LogP contribution in [0.4, 0.5) is 5.69 Å². The Hall–Kier alpha value is -1.56. The number of hydrogen-bond donors (Lipinski definition) is 0. The van der Waals surface area contributed by atoms with Gasteiger partial charge in [0.1, 0.15) is 6.54 Å². The largest absolute Gasteiger partial charge is 0.279 e. The fourth-order valence-electron chi connectivity index (χ4n) is 2.26. The van der Waals surface area contributed by atoms with Crippen LogP contribution >= 0.6 is 23.2 Å². The van der Waals surface area contributed by atoms with Crippen molar-refractivity contribution in [2.24, 2.45) is 0 Å². The van der Waals surface area contributed by atoms with Crippen molar-refractivity contribution in [1.29, 1.82) is 0 Å². The van der Waals surface area contributed by atoms with Gasteiger partial charge in [0.15, 0.2) is 0 Å². The second-order valence-electron chi connectivity index (χ2n) is 5.17. The number of hydrogen-bond acceptors (Lipinski definition) is 3. The maximum atomic E-state index is 12.9. The number of anilines is 1. The van der Waals surface area contributed by atoms with Crippen molar-refractivity contribution in [3.63, 3.8) is 0 Å². The molecule has 4 nitrogen and oxygen atoms in total. The summed E-state index contributed by atoms with van der Waals surface area (Å²) in [5.74, 6) is 0. The number of halogens is 2. The fourth-order valence-corrected chi connectivity index (χ4v) is 3.98. The maximum Gasteiger partial charge on any atom is 0.264 e. The topological polar surface area (TPSA) is 54.5 Å². The Balaban J connectivity index is 2.57. The smallest absolute Gasteiger partial charge is 0.264 e. The molecular weight excluding hydrogens is 357 g/mol. The minimum Gasteiger partial charge on any atom is -0.279 e. The molecule has 0 aliphatic carbocycles. The Morgan fingerprint density at radius 1 is 1.04 bits per heavy atom. The summed E-state index contributed by atoms with van der Waals surface area (Å²) in [5, 5.41) is -0.336. The third-order valence-electron chi connectivity index (χ3n) is 3.16. The molecule has 0 saturated heterocycles. The molecular formula is C16H15Cl2NO3S. The molecule has 0 radical (unpaired) electrons. The van der Waals surface area contributed by atoms with Gasteiger partial charge in [-0.05, 0) is 73.0 Å². The Morgan fingerprint density at radius 3 is 2.04 bits per heavy atom. The molecule has 0 bridgehead atoms. The van der Waals surface area contributed by atoms with E-state index in [1.165, 1.54) is 24.3 Å². The van der Waals surface area contributed by atoms with Crippen LogP contribution in [0.3, 0.4) is 0 Å². The number of aryl methyl sites for hydroxylation is 2. The first kappa shape index (κ1) is 17.8. The zero-order valence-corrected chi connectivity index (χ0v) is 14.9. The van der Waals surface area contributed by atoms with Crippen LogP contribution in [0.1, 0.15) is 11.1 Å². The summed E-state index contributed by atoms with van der Waals surface area (Å²) in [6, 6.07) is 11.1. The number of benzene rings is 2. The van der Waals surface area contributed by atoms with Crippen LogP contribution < -0.4 is 4.31 Å². The van der Waals surface area contributed by atoms with Gasteiger partial charge in [0.2, 0.25) is 5.24 Å². The summed E-state index contributed by atoms with van der Waals surface area (Å²) in [4.78, 5) is 11.4. The van der Waals surface area contributed by atoms with Crippen molar-refractivity contribution in [3.8, 4) is 0 Å². The van der Waals surface area contributed by atoms with E-state index in [2.05, 4.69) is 0 Å². The third-order valence-corrected chi connectivity index (χ3v) is 5.32. The molecule has 23 heavy (non-hydrogen) atoms. The van der Waals surface area contributed by atoms with Crippen LogP contribution in [-0.2, 0) is 14.8 Å². The van der Waals surface area contributed by atoms with Gasteiger partial charge < -0.3 is 0 Å². The Morgan fingerprint density at radius 2 is 1.57 bits per heavy atom. The monoisotopic (exact) mass is 371 g/mol. The molecule has 0 saturated carbocycles. The zero-order chi connectivity index (χ0) is 17.2. The first-order valence-electron chi connectivity index (χ1n) is 6.75. The van der Waals surface area contributed by atoms with Crippen LogP contribution in [0.5, 0.6) is 0 Å². The molecule has 2 aromatic rings. The van der Waals surface area contributed by atoms with Gasteiger partial charge in [-0.3, -0.25) is 9.10 Å². The van der Waals surface area contributed by atoms with Crippen LogP contribution in [-0.4, -0.2) is 20.2 Å². The van der Waals surface area contributed by atoms with Crippen molar-refractivity contribution >= 4 is 44.2 Å². The van der Waals surface area contributed by atoms with Gasteiger partial charge in [-0.1, -0.05) is 17.7 Å². The average molecular weight is 372 g/mol. The van der Waals surface area contributed by atoms with Gasteiger partial charge in [0.05, 0.1) is 10.6 Å². The second-order valence-corrected chi connectivity index (χ2v) is 7.89. The van der Waals surface area contributed by atoms with Crippen LogP contribution in [0.25, 0.3) is 0 Å². The molecule has 0 aromatic heterocycles. The normalized spacial score (nSPS) is 11.3. The third kappa shape index (κ3) is 4.25. The summed E-state index contributed by atoms with van der Waals surface area (Å²) in [6.45, 7) is 3.26. The number of sulfonamides is 1. The van der Waals surface area contributed by atoms with Crippen LogP contribution in [0.2, 0.25) is 5.02 Å². The van der Waals surface area contributed by atoms with Crippen molar-refractivity contribution < 1.29 is 13.2 Å². The predicted molar refractivity (Wildman–Crippen MR) is 92.8 cm³/mol. The first-order valence-corrected chi connectivity index (χ1v) is 8.94. The summed E-state index contributed by atoms with van der Waals surface area (Å²) >= 11 is 11.3. The van der Waals surface area contributed by atoms with Gasteiger partial charge in [-0.15, -0.1) is 0 Å². The van der Waals surface area contributed by atoms with Crippen molar-refractivity contribution in [1.82, 2.24) is 0 Å². The highest BCUT2D eigenvalue weighted by atomic mass is 35.5. The van der Waals surface area contributed by atoms with E-state index in [1.807, 2.05) is 19.9 Å². The van der Waals surface area contributed by atoms with E-state index in [4.69, 9.17) is 23.2 Å². The van der Waals surface area contributed by atoms with E-state index in [1.54, 1.807) is 12.1 Å². The summed E-state index contributed by atoms with van der Waals surface area (Å²) in [7, 11) is -3.93. The first-order chi connectivity index (χ1) is 10.7. The fraction of sp³-hybridized carbons (Fsp3) is 0.188. The lowest BCUT2D eigenvalue weighted by Gasteiger charge is -2.23. The van der Waals surface area contributed by atoms with Crippen molar-refractivity contribution in [2.75, 3.05) is 10.8 Å².